The molecule has 0 amide bonds. The van der Waals surface area contributed by atoms with Crippen molar-refractivity contribution in [1.82, 2.24) is 9.97 Å². The molecule has 0 spiro atoms. The van der Waals surface area contributed by atoms with Crippen LogP contribution in [0.2, 0.25) is 0 Å². The minimum Gasteiger partial charge on any atom is -0.473 e. The van der Waals surface area contributed by atoms with Crippen LogP contribution in [0.3, 0.4) is 0 Å². The van der Waals surface area contributed by atoms with Gasteiger partial charge in [-0.3, -0.25) is 0 Å². The van der Waals surface area contributed by atoms with Crippen molar-refractivity contribution in [2.24, 2.45) is 5.92 Å². The standard InChI is InChI=1S/C22H30N2O3/c1-16(2)13-19-21(26-15-17-9-5-3-6-10-17)24-20(14-25)22(23-19)27-18-11-7-4-8-12-18/h3,5-6,9-10,16,18,25H,4,7-8,11-15H2,1-2H3. The van der Waals surface area contributed by atoms with Crippen molar-refractivity contribution >= 4 is 0 Å². The van der Waals surface area contributed by atoms with E-state index in [0.717, 1.165) is 30.5 Å². The van der Waals surface area contributed by atoms with Gasteiger partial charge in [0.25, 0.3) is 0 Å². The molecule has 0 aliphatic heterocycles. The van der Waals surface area contributed by atoms with Crippen LogP contribution in [0.4, 0.5) is 0 Å². The summed E-state index contributed by atoms with van der Waals surface area (Å²) in [6, 6.07) is 9.99. The number of hydrogen-bond acceptors (Lipinski definition) is 5. The SMILES string of the molecule is CC(C)Cc1nc(OC2CCCCC2)c(CO)nc1OCc1ccccc1. The molecular weight excluding hydrogens is 340 g/mol. The maximum absolute atomic E-state index is 9.79. The first-order chi connectivity index (χ1) is 13.2. The molecule has 1 aliphatic carbocycles. The molecule has 1 saturated carbocycles. The molecule has 1 heterocycles. The minimum atomic E-state index is -0.210. The Morgan fingerprint density at radius 1 is 1.00 bits per heavy atom. The number of aromatic nitrogens is 2. The zero-order chi connectivity index (χ0) is 19.1. The highest BCUT2D eigenvalue weighted by molar-refractivity contribution is 5.29. The summed E-state index contributed by atoms with van der Waals surface area (Å²) in [5.74, 6) is 1.38. The van der Waals surface area contributed by atoms with E-state index in [1.165, 1.54) is 19.3 Å². The molecular formula is C22H30N2O3. The van der Waals surface area contributed by atoms with Gasteiger partial charge >= 0.3 is 0 Å². The fraction of sp³-hybridized carbons (Fsp3) is 0.545. The molecule has 27 heavy (non-hydrogen) atoms. The third-order valence-corrected chi connectivity index (χ3v) is 4.77. The van der Waals surface area contributed by atoms with Crippen LogP contribution in [0.25, 0.3) is 0 Å². The molecule has 5 heteroatoms. The predicted octanol–water partition coefficient (Wildman–Crippen LogP) is 4.46. The first-order valence-corrected chi connectivity index (χ1v) is 9.99. The average Bonchev–Trinajstić information content (AvgIpc) is 2.68. The summed E-state index contributed by atoms with van der Waals surface area (Å²) in [5, 5.41) is 9.79. The van der Waals surface area contributed by atoms with Crippen molar-refractivity contribution in [1.29, 1.82) is 0 Å². The van der Waals surface area contributed by atoms with Crippen LogP contribution >= 0.6 is 0 Å². The van der Waals surface area contributed by atoms with Crippen LogP contribution in [0.15, 0.2) is 30.3 Å². The maximum atomic E-state index is 9.79. The van der Waals surface area contributed by atoms with Crippen molar-refractivity contribution in [3.8, 4) is 11.8 Å². The van der Waals surface area contributed by atoms with E-state index in [-0.39, 0.29) is 12.7 Å². The largest absolute Gasteiger partial charge is 0.473 e. The number of hydrogen-bond donors (Lipinski definition) is 1. The molecule has 1 fully saturated rings. The summed E-state index contributed by atoms with van der Waals surface area (Å²) >= 11 is 0. The number of benzene rings is 1. The number of ether oxygens (including phenoxy) is 2. The highest BCUT2D eigenvalue weighted by atomic mass is 16.5. The molecule has 5 nitrogen and oxygen atoms in total. The van der Waals surface area contributed by atoms with E-state index < -0.39 is 0 Å². The number of aliphatic hydroxyl groups excluding tert-OH is 1. The molecule has 2 aromatic rings. The second-order valence-corrected chi connectivity index (χ2v) is 7.64. The van der Waals surface area contributed by atoms with Crippen molar-refractivity contribution < 1.29 is 14.6 Å². The van der Waals surface area contributed by atoms with Crippen LogP contribution < -0.4 is 9.47 Å². The van der Waals surface area contributed by atoms with Gasteiger partial charge in [-0.15, -0.1) is 0 Å². The molecule has 3 rings (SSSR count). The first kappa shape index (κ1) is 19.6. The van der Waals surface area contributed by atoms with E-state index in [2.05, 4.69) is 18.8 Å². The van der Waals surface area contributed by atoms with Gasteiger partial charge in [-0.2, -0.15) is 0 Å². The molecule has 1 aliphatic rings. The highest BCUT2D eigenvalue weighted by Crippen LogP contribution is 2.28. The number of rotatable bonds is 8. The van der Waals surface area contributed by atoms with Gasteiger partial charge in [0.2, 0.25) is 11.8 Å². The molecule has 0 saturated heterocycles. The fourth-order valence-corrected chi connectivity index (χ4v) is 3.37. The Morgan fingerprint density at radius 2 is 1.70 bits per heavy atom. The van der Waals surface area contributed by atoms with Crippen LogP contribution in [0.1, 0.15) is 62.9 Å². The molecule has 1 N–H and O–H groups in total. The van der Waals surface area contributed by atoms with Gasteiger partial charge in [-0.25, -0.2) is 9.97 Å². The summed E-state index contributed by atoms with van der Waals surface area (Å²) in [5.41, 5.74) is 2.32. The Hall–Kier alpha value is -2.14. The van der Waals surface area contributed by atoms with E-state index in [9.17, 15) is 5.11 Å². The molecule has 0 atom stereocenters. The summed E-state index contributed by atoms with van der Waals surface area (Å²) < 4.78 is 12.1. The van der Waals surface area contributed by atoms with Crippen molar-refractivity contribution in [3.63, 3.8) is 0 Å². The van der Waals surface area contributed by atoms with Gasteiger partial charge < -0.3 is 14.6 Å². The van der Waals surface area contributed by atoms with Gasteiger partial charge in [-0.1, -0.05) is 50.6 Å². The summed E-state index contributed by atoms with van der Waals surface area (Å²) in [6.45, 7) is 4.50. The maximum Gasteiger partial charge on any atom is 0.238 e. The second-order valence-electron chi connectivity index (χ2n) is 7.64. The monoisotopic (exact) mass is 370 g/mol. The topological polar surface area (TPSA) is 64.5 Å². The lowest BCUT2D eigenvalue weighted by molar-refractivity contribution is 0.140. The van der Waals surface area contributed by atoms with E-state index >= 15 is 0 Å². The first-order valence-electron chi connectivity index (χ1n) is 9.99. The van der Waals surface area contributed by atoms with Crippen molar-refractivity contribution in [2.45, 2.75) is 71.7 Å². The van der Waals surface area contributed by atoms with Crippen LogP contribution in [0, 0.1) is 5.92 Å². The molecule has 0 radical (unpaired) electrons. The Balaban J connectivity index is 1.82. The average molecular weight is 370 g/mol. The van der Waals surface area contributed by atoms with Crippen LogP contribution in [0.5, 0.6) is 11.8 Å². The lowest BCUT2D eigenvalue weighted by Crippen LogP contribution is -2.22. The van der Waals surface area contributed by atoms with Gasteiger partial charge in [0.15, 0.2) is 0 Å². The fourth-order valence-electron chi connectivity index (χ4n) is 3.37. The van der Waals surface area contributed by atoms with Crippen molar-refractivity contribution in [3.05, 3.63) is 47.3 Å². The lowest BCUT2D eigenvalue weighted by Gasteiger charge is -2.24. The summed E-state index contributed by atoms with van der Waals surface area (Å²) in [7, 11) is 0. The Bertz CT molecular complexity index is 713. The smallest absolute Gasteiger partial charge is 0.238 e. The Kier molecular flexibility index (Phi) is 7.04. The van der Waals surface area contributed by atoms with E-state index in [0.29, 0.717) is 30.0 Å². The van der Waals surface area contributed by atoms with Gasteiger partial charge in [0, 0.05) is 0 Å². The summed E-state index contributed by atoms with van der Waals surface area (Å²) in [6.07, 6.45) is 6.64. The minimum absolute atomic E-state index is 0.168. The van der Waals surface area contributed by atoms with Crippen LogP contribution in [-0.2, 0) is 19.6 Å². The van der Waals surface area contributed by atoms with Gasteiger partial charge in [0.05, 0.1) is 6.61 Å². The van der Waals surface area contributed by atoms with Gasteiger partial charge in [-0.05, 0) is 43.6 Å². The van der Waals surface area contributed by atoms with E-state index in [1.54, 1.807) is 0 Å². The quantitative estimate of drug-likeness (QED) is 0.743. The molecule has 0 unspecified atom stereocenters. The van der Waals surface area contributed by atoms with Gasteiger partial charge in [0.1, 0.15) is 24.1 Å². The Morgan fingerprint density at radius 3 is 2.37 bits per heavy atom. The third kappa shape index (κ3) is 5.67. The predicted molar refractivity (Wildman–Crippen MR) is 105 cm³/mol. The zero-order valence-electron chi connectivity index (χ0n) is 16.4. The summed E-state index contributed by atoms with van der Waals surface area (Å²) in [4.78, 5) is 9.29. The highest BCUT2D eigenvalue weighted by Gasteiger charge is 2.21. The Labute approximate surface area is 161 Å². The second kappa shape index (κ2) is 9.70. The molecule has 1 aromatic heterocycles. The van der Waals surface area contributed by atoms with E-state index in [4.69, 9.17) is 14.5 Å². The lowest BCUT2D eigenvalue weighted by atomic mass is 9.98. The molecule has 146 valence electrons. The number of nitrogens with zero attached hydrogens (tertiary/aromatic N) is 2. The van der Waals surface area contributed by atoms with Crippen LogP contribution in [-0.4, -0.2) is 21.2 Å². The third-order valence-electron chi connectivity index (χ3n) is 4.77. The van der Waals surface area contributed by atoms with Crippen molar-refractivity contribution in [2.75, 3.05) is 0 Å². The molecule has 1 aromatic carbocycles. The molecule has 0 bridgehead atoms. The van der Waals surface area contributed by atoms with E-state index in [1.807, 2.05) is 30.3 Å². The zero-order valence-corrected chi connectivity index (χ0v) is 16.4. The normalized spacial score (nSPS) is 15.1. The number of aliphatic hydroxyl groups is 1.